The summed E-state index contributed by atoms with van der Waals surface area (Å²) >= 11 is 0. The van der Waals surface area contributed by atoms with E-state index < -0.39 is 12.0 Å². The summed E-state index contributed by atoms with van der Waals surface area (Å²) in [6, 6.07) is 17.7. The molecule has 2 aromatic carbocycles. The molecule has 1 atom stereocenters. The van der Waals surface area contributed by atoms with Gasteiger partial charge in [-0.05, 0) is 48.4 Å². The third kappa shape index (κ3) is 2.91. The maximum atomic E-state index is 11.0. The van der Waals surface area contributed by atoms with Gasteiger partial charge >= 0.3 is 0 Å². The van der Waals surface area contributed by atoms with Crippen LogP contribution in [0.15, 0.2) is 60.8 Å². The molecule has 0 radical (unpaired) electrons. The SMILES string of the molecule is C[C@H](Oc1ccc(-c2ccc3ncccc3c2)cc1)C(N)=O. The summed E-state index contributed by atoms with van der Waals surface area (Å²) in [6.07, 6.45) is 1.14. The fourth-order valence-corrected chi connectivity index (χ4v) is 2.24. The minimum atomic E-state index is -0.641. The lowest BCUT2D eigenvalue weighted by Crippen LogP contribution is -2.30. The summed E-state index contributed by atoms with van der Waals surface area (Å²) in [4.78, 5) is 15.3. The van der Waals surface area contributed by atoms with Gasteiger partial charge in [-0.2, -0.15) is 0 Å². The summed E-state index contributed by atoms with van der Waals surface area (Å²) in [5.41, 5.74) is 8.34. The van der Waals surface area contributed by atoms with E-state index in [1.54, 1.807) is 13.1 Å². The van der Waals surface area contributed by atoms with Crippen LogP contribution in [-0.4, -0.2) is 17.0 Å². The van der Waals surface area contributed by atoms with Crippen molar-refractivity contribution in [2.45, 2.75) is 13.0 Å². The highest BCUT2D eigenvalue weighted by Crippen LogP contribution is 2.25. The van der Waals surface area contributed by atoms with Gasteiger partial charge in [-0.25, -0.2) is 0 Å². The predicted molar refractivity (Wildman–Crippen MR) is 86.5 cm³/mol. The normalized spacial score (nSPS) is 12.0. The highest BCUT2D eigenvalue weighted by atomic mass is 16.5. The molecular weight excluding hydrogens is 276 g/mol. The topological polar surface area (TPSA) is 65.2 Å². The van der Waals surface area contributed by atoms with Crippen LogP contribution in [0.2, 0.25) is 0 Å². The monoisotopic (exact) mass is 292 g/mol. The second-order valence-electron chi connectivity index (χ2n) is 5.10. The van der Waals surface area contributed by atoms with E-state index in [0.717, 1.165) is 22.0 Å². The number of hydrogen-bond acceptors (Lipinski definition) is 3. The number of amides is 1. The van der Waals surface area contributed by atoms with Crippen LogP contribution in [0, 0.1) is 0 Å². The largest absolute Gasteiger partial charge is 0.481 e. The molecular formula is C18H16N2O2. The highest BCUT2D eigenvalue weighted by molar-refractivity contribution is 5.84. The molecule has 3 rings (SSSR count). The number of hydrogen-bond donors (Lipinski definition) is 1. The standard InChI is InChI=1S/C18H16N2O2/c1-12(18(19)21)22-16-7-4-13(5-8-16)14-6-9-17-15(11-14)3-2-10-20-17/h2-12H,1H3,(H2,19,21)/t12-/m0/s1. The molecule has 0 spiro atoms. The van der Waals surface area contributed by atoms with Gasteiger partial charge in [0.1, 0.15) is 5.75 Å². The molecule has 0 unspecified atom stereocenters. The molecule has 3 aromatic rings. The van der Waals surface area contributed by atoms with Gasteiger partial charge in [-0.15, -0.1) is 0 Å². The molecule has 0 aliphatic carbocycles. The van der Waals surface area contributed by atoms with E-state index in [4.69, 9.17) is 10.5 Å². The minimum Gasteiger partial charge on any atom is -0.481 e. The minimum absolute atomic E-state index is 0.480. The number of aromatic nitrogens is 1. The number of nitrogens with zero attached hydrogens (tertiary/aromatic N) is 1. The number of fused-ring (bicyclic) bond motifs is 1. The van der Waals surface area contributed by atoms with E-state index in [-0.39, 0.29) is 0 Å². The predicted octanol–water partition coefficient (Wildman–Crippen LogP) is 3.15. The van der Waals surface area contributed by atoms with Crippen molar-refractivity contribution in [1.82, 2.24) is 4.98 Å². The molecule has 0 aliphatic rings. The Morgan fingerprint density at radius 3 is 2.55 bits per heavy atom. The Balaban J connectivity index is 1.86. The van der Waals surface area contributed by atoms with Crippen LogP contribution < -0.4 is 10.5 Å². The van der Waals surface area contributed by atoms with Gasteiger partial charge in [-0.1, -0.05) is 24.3 Å². The third-order valence-electron chi connectivity index (χ3n) is 3.50. The number of carbonyl (C=O) groups excluding carboxylic acids is 1. The van der Waals surface area contributed by atoms with Crippen LogP contribution in [0.4, 0.5) is 0 Å². The zero-order chi connectivity index (χ0) is 15.5. The van der Waals surface area contributed by atoms with Crippen LogP contribution in [0.5, 0.6) is 5.75 Å². The number of ether oxygens (including phenoxy) is 1. The molecule has 22 heavy (non-hydrogen) atoms. The number of benzene rings is 2. The van der Waals surface area contributed by atoms with E-state index in [1.807, 2.05) is 48.5 Å². The molecule has 0 bridgehead atoms. The van der Waals surface area contributed by atoms with Crippen LogP contribution in [0.1, 0.15) is 6.92 Å². The maximum Gasteiger partial charge on any atom is 0.258 e. The first-order chi connectivity index (χ1) is 10.6. The Labute approximate surface area is 128 Å². The van der Waals surface area contributed by atoms with Crippen molar-refractivity contribution >= 4 is 16.8 Å². The maximum absolute atomic E-state index is 11.0. The van der Waals surface area contributed by atoms with Crippen LogP contribution in [0.25, 0.3) is 22.0 Å². The van der Waals surface area contributed by atoms with E-state index in [2.05, 4.69) is 11.1 Å². The van der Waals surface area contributed by atoms with E-state index >= 15 is 0 Å². The van der Waals surface area contributed by atoms with Crippen molar-refractivity contribution in [3.8, 4) is 16.9 Å². The van der Waals surface area contributed by atoms with E-state index in [9.17, 15) is 4.79 Å². The molecule has 0 saturated heterocycles. The average molecular weight is 292 g/mol. The molecule has 110 valence electrons. The first-order valence-electron chi connectivity index (χ1n) is 7.05. The summed E-state index contributed by atoms with van der Waals surface area (Å²) in [7, 11) is 0. The molecule has 1 heterocycles. The first kappa shape index (κ1) is 14.1. The number of pyridine rings is 1. The Kier molecular flexibility index (Phi) is 3.74. The first-order valence-corrected chi connectivity index (χ1v) is 7.05. The summed E-state index contributed by atoms with van der Waals surface area (Å²) in [5.74, 6) is 0.142. The van der Waals surface area contributed by atoms with Crippen LogP contribution in [-0.2, 0) is 4.79 Å². The van der Waals surface area contributed by atoms with E-state index in [0.29, 0.717) is 5.75 Å². The third-order valence-corrected chi connectivity index (χ3v) is 3.50. The molecule has 1 aromatic heterocycles. The van der Waals surface area contributed by atoms with Crippen molar-refractivity contribution < 1.29 is 9.53 Å². The molecule has 0 aliphatic heterocycles. The lowest BCUT2D eigenvalue weighted by Gasteiger charge is -2.11. The van der Waals surface area contributed by atoms with Gasteiger partial charge in [-0.3, -0.25) is 9.78 Å². The smallest absolute Gasteiger partial charge is 0.258 e. The molecule has 1 amide bonds. The highest BCUT2D eigenvalue weighted by Gasteiger charge is 2.10. The van der Waals surface area contributed by atoms with Gasteiger partial charge in [0.15, 0.2) is 6.10 Å². The van der Waals surface area contributed by atoms with Gasteiger partial charge in [0, 0.05) is 11.6 Å². The lowest BCUT2D eigenvalue weighted by molar-refractivity contribution is -0.123. The summed E-state index contributed by atoms with van der Waals surface area (Å²) < 4.78 is 5.45. The molecule has 0 saturated carbocycles. The number of primary amides is 1. The van der Waals surface area contributed by atoms with Crippen molar-refractivity contribution in [3.05, 3.63) is 60.8 Å². The second-order valence-corrected chi connectivity index (χ2v) is 5.10. The molecule has 0 fully saturated rings. The number of nitrogens with two attached hydrogens (primary N) is 1. The summed E-state index contributed by atoms with van der Waals surface area (Å²) in [5, 5.41) is 1.10. The van der Waals surface area contributed by atoms with Crippen LogP contribution >= 0.6 is 0 Å². The molecule has 4 nitrogen and oxygen atoms in total. The van der Waals surface area contributed by atoms with Crippen molar-refractivity contribution in [1.29, 1.82) is 0 Å². The lowest BCUT2D eigenvalue weighted by atomic mass is 10.0. The second kappa shape index (κ2) is 5.85. The van der Waals surface area contributed by atoms with Gasteiger partial charge in [0.05, 0.1) is 5.52 Å². The zero-order valence-corrected chi connectivity index (χ0v) is 12.2. The Hall–Kier alpha value is -2.88. The Bertz CT molecular complexity index is 813. The fourth-order valence-electron chi connectivity index (χ4n) is 2.24. The Morgan fingerprint density at radius 1 is 1.09 bits per heavy atom. The fraction of sp³-hybridized carbons (Fsp3) is 0.111. The van der Waals surface area contributed by atoms with E-state index in [1.165, 1.54) is 0 Å². The number of carbonyl (C=O) groups is 1. The molecule has 2 N–H and O–H groups in total. The zero-order valence-electron chi connectivity index (χ0n) is 12.2. The molecule has 4 heteroatoms. The van der Waals surface area contributed by atoms with Crippen molar-refractivity contribution in [2.75, 3.05) is 0 Å². The van der Waals surface area contributed by atoms with Crippen LogP contribution in [0.3, 0.4) is 0 Å². The average Bonchev–Trinajstić information content (AvgIpc) is 2.55. The van der Waals surface area contributed by atoms with Gasteiger partial charge in [0.25, 0.3) is 5.91 Å². The summed E-state index contributed by atoms with van der Waals surface area (Å²) in [6.45, 7) is 1.63. The quantitative estimate of drug-likeness (QED) is 0.803. The van der Waals surface area contributed by atoms with Gasteiger partial charge in [0.2, 0.25) is 0 Å². The number of rotatable bonds is 4. The Morgan fingerprint density at radius 2 is 1.82 bits per heavy atom. The van der Waals surface area contributed by atoms with Crippen molar-refractivity contribution in [3.63, 3.8) is 0 Å². The van der Waals surface area contributed by atoms with Gasteiger partial charge < -0.3 is 10.5 Å². The van der Waals surface area contributed by atoms with Crippen molar-refractivity contribution in [2.24, 2.45) is 5.73 Å².